The van der Waals surface area contributed by atoms with Crippen LogP contribution >= 0.6 is 0 Å². The van der Waals surface area contributed by atoms with E-state index in [2.05, 4.69) is 25.2 Å². The molecule has 0 saturated carbocycles. The summed E-state index contributed by atoms with van der Waals surface area (Å²) in [6, 6.07) is 4.68. The molecule has 1 aliphatic heterocycles. The van der Waals surface area contributed by atoms with Crippen LogP contribution in [0.2, 0.25) is 0 Å². The zero-order valence-corrected chi connectivity index (χ0v) is 12.1. The van der Waals surface area contributed by atoms with E-state index in [1.807, 2.05) is 0 Å². The van der Waals surface area contributed by atoms with E-state index in [-0.39, 0.29) is 18.0 Å². The predicted octanol–water partition coefficient (Wildman–Crippen LogP) is 0.695. The van der Waals surface area contributed by atoms with Gasteiger partial charge in [0.2, 0.25) is 5.95 Å². The highest BCUT2D eigenvalue weighted by molar-refractivity contribution is 5.93. The van der Waals surface area contributed by atoms with Crippen LogP contribution in [0.15, 0.2) is 35.4 Å². The first kappa shape index (κ1) is 14.2. The Bertz CT molecular complexity index is 707. The molecule has 0 bridgehead atoms. The van der Waals surface area contributed by atoms with Gasteiger partial charge >= 0.3 is 0 Å². The van der Waals surface area contributed by atoms with Gasteiger partial charge in [-0.2, -0.15) is 0 Å². The minimum Gasteiger partial charge on any atom is -0.346 e. The highest BCUT2D eigenvalue weighted by atomic mass is 16.1. The molecule has 22 heavy (non-hydrogen) atoms. The van der Waals surface area contributed by atoms with Crippen molar-refractivity contribution in [2.45, 2.75) is 19.4 Å². The first-order valence-corrected chi connectivity index (χ1v) is 7.26. The molecule has 3 heterocycles. The molecule has 0 aliphatic carbocycles. The van der Waals surface area contributed by atoms with Crippen LogP contribution in [0.1, 0.15) is 28.9 Å². The normalized spacial score (nSPS) is 14.1. The summed E-state index contributed by atoms with van der Waals surface area (Å²) in [7, 11) is 0. The third kappa shape index (κ3) is 3.30. The Labute approximate surface area is 127 Å². The van der Waals surface area contributed by atoms with E-state index in [1.54, 1.807) is 24.5 Å². The molecule has 7 heteroatoms. The second kappa shape index (κ2) is 6.38. The van der Waals surface area contributed by atoms with Crippen molar-refractivity contribution in [1.29, 1.82) is 0 Å². The summed E-state index contributed by atoms with van der Waals surface area (Å²) < 4.78 is 0. The number of amides is 1. The van der Waals surface area contributed by atoms with Crippen molar-refractivity contribution in [2.75, 3.05) is 18.0 Å². The number of nitrogens with zero attached hydrogens (tertiary/aromatic N) is 3. The van der Waals surface area contributed by atoms with Gasteiger partial charge in [-0.05, 0) is 25.0 Å². The van der Waals surface area contributed by atoms with Crippen LogP contribution in [0.3, 0.4) is 0 Å². The summed E-state index contributed by atoms with van der Waals surface area (Å²) in [4.78, 5) is 36.8. The van der Waals surface area contributed by atoms with Crippen LogP contribution in [0, 0.1) is 0 Å². The molecule has 2 aromatic heterocycles. The van der Waals surface area contributed by atoms with Gasteiger partial charge < -0.3 is 10.2 Å². The van der Waals surface area contributed by atoms with Crippen molar-refractivity contribution in [3.05, 3.63) is 52.2 Å². The number of anilines is 1. The van der Waals surface area contributed by atoms with Gasteiger partial charge in [0.05, 0.1) is 12.2 Å². The highest BCUT2D eigenvalue weighted by Crippen LogP contribution is 2.14. The summed E-state index contributed by atoms with van der Waals surface area (Å²) in [5, 5.41) is 2.76. The molecular weight excluding hydrogens is 282 g/mol. The zero-order valence-electron chi connectivity index (χ0n) is 12.1. The lowest BCUT2D eigenvalue weighted by atomic mass is 10.2. The molecule has 1 fully saturated rings. The monoisotopic (exact) mass is 299 g/mol. The number of rotatable bonds is 4. The quantitative estimate of drug-likeness (QED) is 0.867. The molecule has 3 rings (SSSR count). The van der Waals surface area contributed by atoms with Crippen molar-refractivity contribution in [3.8, 4) is 0 Å². The Kier molecular flexibility index (Phi) is 4.13. The SMILES string of the molecule is O=C(NCc1cc(=O)[nH]c(N2CCCC2)n1)c1ccncc1. The average Bonchev–Trinajstić information content (AvgIpc) is 3.07. The van der Waals surface area contributed by atoms with Crippen LogP contribution in [0.25, 0.3) is 0 Å². The summed E-state index contributed by atoms with van der Waals surface area (Å²) in [6.07, 6.45) is 5.33. The lowest BCUT2D eigenvalue weighted by Gasteiger charge is -2.16. The minimum atomic E-state index is -0.216. The number of aromatic amines is 1. The van der Waals surface area contributed by atoms with Gasteiger partial charge in [-0.1, -0.05) is 0 Å². The Morgan fingerprint density at radius 2 is 2.00 bits per heavy atom. The lowest BCUT2D eigenvalue weighted by molar-refractivity contribution is 0.0950. The van der Waals surface area contributed by atoms with Crippen molar-refractivity contribution >= 4 is 11.9 Å². The van der Waals surface area contributed by atoms with E-state index in [1.165, 1.54) is 6.07 Å². The molecule has 1 aliphatic rings. The van der Waals surface area contributed by atoms with Gasteiger partial charge in [-0.25, -0.2) is 4.98 Å². The van der Waals surface area contributed by atoms with Crippen LogP contribution < -0.4 is 15.8 Å². The summed E-state index contributed by atoms with van der Waals surface area (Å²) in [5.74, 6) is 0.366. The van der Waals surface area contributed by atoms with Crippen LogP contribution in [-0.2, 0) is 6.54 Å². The number of nitrogens with one attached hydrogen (secondary N) is 2. The van der Waals surface area contributed by atoms with Gasteiger partial charge in [0.1, 0.15) is 0 Å². The summed E-state index contributed by atoms with van der Waals surface area (Å²) in [5.41, 5.74) is 0.873. The average molecular weight is 299 g/mol. The molecule has 0 atom stereocenters. The zero-order chi connectivity index (χ0) is 15.4. The van der Waals surface area contributed by atoms with E-state index >= 15 is 0 Å². The van der Waals surface area contributed by atoms with Crippen molar-refractivity contribution < 1.29 is 4.79 Å². The van der Waals surface area contributed by atoms with E-state index in [9.17, 15) is 9.59 Å². The van der Waals surface area contributed by atoms with Gasteiger partial charge in [-0.3, -0.25) is 19.6 Å². The molecule has 1 amide bonds. The Balaban J connectivity index is 1.70. The molecule has 2 aromatic rings. The third-order valence-electron chi connectivity index (χ3n) is 3.56. The van der Waals surface area contributed by atoms with E-state index in [4.69, 9.17) is 0 Å². The van der Waals surface area contributed by atoms with Crippen molar-refractivity contribution in [2.24, 2.45) is 0 Å². The van der Waals surface area contributed by atoms with Crippen LogP contribution in [0.5, 0.6) is 0 Å². The minimum absolute atomic E-state index is 0.204. The number of aromatic nitrogens is 3. The van der Waals surface area contributed by atoms with E-state index < -0.39 is 0 Å². The second-order valence-corrected chi connectivity index (χ2v) is 5.17. The Morgan fingerprint density at radius 1 is 1.27 bits per heavy atom. The fourth-order valence-corrected chi connectivity index (χ4v) is 2.44. The molecule has 114 valence electrons. The molecule has 1 saturated heterocycles. The van der Waals surface area contributed by atoms with E-state index in [0.29, 0.717) is 17.2 Å². The fourth-order valence-electron chi connectivity index (χ4n) is 2.44. The van der Waals surface area contributed by atoms with Gasteiger partial charge in [-0.15, -0.1) is 0 Å². The molecule has 0 aromatic carbocycles. The molecule has 0 radical (unpaired) electrons. The molecule has 0 spiro atoms. The first-order chi connectivity index (χ1) is 10.7. The van der Waals surface area contributed by atoms with Crippen molar-refractivity contribution in [3.63, 3.8) is 0 Å². The number of hydrogen-bond acceptors (Lipinski definition) is 5. The predicted molar refractivity (Wildman–Crippen MR) is 81.7 cm³/mol. The smallest absolute Gasteiger partial charge is 0.252 e. The van der Waals surface area contributed by atoms with Crippen LogP contribution in [0.4, 0.5) is 5.95 Å². The topological polar surface area (TPSA) is 91.0 Å². The fraction of sp³-hybridized carbons (Fsp3) is 0.333. The first-order valence-electron chi connectivity index (χ1n) is 7.26. The summed E-state index contributed by atoms with van der Waals surface area (Å²) in [6.45, 7) is 2.01. The van der Waals surface area contributed by atoms with Crippen LogP contribution in [-0.4, -0.2) is 33.9 Å². The van der Waals surface area contributed by atoms with Crippen molar-refractivity contribution in [1.82, 2.24) is 20.3 Å². The maximum Gasteiger partial charge on any atom is 0.252 e. The number of carbonyl (C=O) groups is 1. The standard InChI is InChI=1S/C15H17N5O2/c21-13-9-12(18-15(19-13)20-7-1-2-8-20)10-17-14(22)11-3-5-16-6-4-11/h3-6,9H,1-2,7-8,10H2,(H,17,22)(H,18,19,21). The maximum atomic E-state index is 12.0. The Morgan fingerprint density at radius 3 is 2.73 bits per heavy atom. The van der Waals surface area contributed by atoms with Gasteiger partial charge in [0.15, 0.2) is 0 Å². The summed E-state index contributed by atoms with van der Waals surface area (Å²) >= 11 is 0. The number of pyridine rings is 1. The lowest BCUT2D eigenvalue weighted by Crippen LogP contribution is -2.27. The largest absolute Gasteiger partial charge is 0.346 e. The molecule has 7 nitrogen and oxygen atoms in total. The molecular formula is C15H17N5O2. The van der Waals surface area contributed by atoms with E-state index in [0.717, 1.165) is 25.9 Å². The Hall–Kier alpha value is -2.70. The third-order valence-corrected chi connectivity index (χ3v) is 3.56. The molecule has 2 N–H and O–H groups in total. The second-order valence-electron chi connectivity index (χ2n) is 5.17. The van der Waals surface area contributed by atoms with Gasteiger partial charge in [0, 0.05) is 37.1 Å². The number of H-pyrrole nitrogens is 1. The number of carbonyl (C=O) groups excluding carboxylic acids is 1. The molecule has 0 unspecified atom stereocenters. The highest BCUT2D eigenvalue weighted by Gasteiger charge is 2.15. The number of hydrogen-bond donors (Lipinski definition) is 2. The van der Waals surface area contributed by atoms with Gasteiger partial charge in [0.25, 0.3) is 11.5 Å². The maximum absolute atomic E-state index is 12.0.